The summed E-state index contributed by atoms with van der Waals surface area (Å²) in [5.41, 5.74) is 4.32. The van der Waals surface area contributed by atoms with E-state index in [1.807, 2.05) is 24.3 Å². The van der Waals surface area contributed by atoms with Crippen LogP contribution in [0.25, 0.3) is 0 Å². The first-order chi connectivity index (χ1) is 13.7. The Bertz CT molecular complexity index is 1120. The molecule has 0 spiro atoms. The van der Waals surface area contributed by atoms with Crippen LogP contribution < -0.4 is 5.32 Å². The molecule has 3 rings (SSSR count). The van der Waals surface area contributed by atoms with Gasteiger partial charge in [0.2, 0.25) is 0 Å². The number of sulfone groups is 1. The van der Waals surface area contributed by atoms with Gasteiger partial charge in [-0.2, -0.15) is 0 Å². The standard InChI is InChI=1S/C23H23NO3S2/c1-16-4-5-17(2)22(14-16)28-21-12-10-20(11-13-21)24-23(25)19-8-6-18(7-9-19)15-29(3,26)27/h4-14H,15H2,1-3H3,(H,24,25). The Balaban J connectivity index is 1.64. The molecule has 0 aliphatic heterocycles. The van der Waals surface area contributed by atoms with Crippen molar-refractivity contribution in [1.29, 1.82) is 0 Å². The summed E-state index contributed by atoms with van der Waals surface area (Å²) in [5, 5.41) is 2.87. The van der Waals surface area contributed by atoms with E-state index in [9.17, 15) is 13.2 Å². The van der Waals surface area contributed by atoms with Crippen molar-refractivity contribution in [2.75, 3.05) is 11.6 Å². The van der Waals surface area contributed by atoms with Crippen LogP contribution in [0, 0.1) is 13.8 Å². The van der Waals surface area contributed by atoms with E-state index >= 15 is 0 Å². The molecule has 29 heavy (non-hydrogen) atoms. The zero-order chi connectivity index (χ0) is 21.0. The van der Waals surface area contributed by atoms with Crippen molar-refractivity contribution in [3.8, 4) is 0 Å². The Labute approximate surface area is 176 Å². The molecule has 4 nitrogen and oxygen atoms in total. The summed E-state index contributed by atoms with van der Waals surface area (Å²) >= 11 is 1.70. The number of anilines is 1. The number of nitrogens with one attached hydrogen (secondary N) is 1. The molecular weight excluding hydrogens is 402 g/mol. The Morgan fingerprint density at radius 3 is 2.21 bits per heavy atom. The van der Waals surface area contributed by atoms with Gasteiger partial charge < -0.3 is 5.32 Å². The average molecular weight is 426 g/mol. The van der Waals surface area contributed by atoms with Crippen molar-refractivity contribution in [2.45, 2.75) is 29.4 Å². The van der Waals surface area contributed by atoms with Crippen LogP contribution in [0.15, 0.2) is 76.5 Å². The number of rotatable bonds is 6. The summed E-state index contributed by atoms with van der Waals surface area (Å²) in [5.74, 6) is -0.264. The lowest BCUT2D eigenvalue weighted by molar-refractivity contribution is 0.102. The lowest BCUT2D eigenvalue weighted by Gasteiger charge is -2.09. The summed E-state index contributed by atoms with van der Waals surface area (Å²) in [4.78, 5) is 14.8. The highest BCUT2D eigenvalue weighted by molar-refractivity contribution is 7.99. The highest BCUT2D eigenvalue weighted by atomic mass is 32.2. The summed E-state index contributed by atoms with van der Waals surface area (Å²) in [6, 6.07) is 20.7. The van der Waals surface area contributed by atoms with Gasteiger partial charge in [-0.3, -0.25) is 4.79 Å². The minimum absolute atomic E-state index is 0.0333. The second-order valence-corrected chi connectivity index (χ2v) is 10.4. The monoisotopic (exact) mass is 425 g/mol. The molecule has 0 aliphatic rings. The Kier molecular flexibility index (Phi) is 6.45. The molecule has 0 heterocycles. The maximum Gasteiger partial charge on any atom is 0.255 e. The number of carbonyl (C=O) groups excluding carboxylic acids is 1. The molecule has 1 N–H and O–H groups in total. The van der Waals surface area contributed by atoms with Gasteiger partial charge in [0, 0.05) is 27.3 Å². The maximum absolute atomic E-state index is 12.4. The van der Waals surface area contributed by atoms with Crippen molar-refractivity contribution < 1.29 is 13.2 Å². The van der Waals surface area contributed by atoms with Gasteiger partial charge in [-0.1, -0.05) is 36.0 Å². The van der Waals surface area contributed by atoms with E-state index < -0.39 is 9.84 Å². The van der Waals surface area contributed by atoms with Crippen LogP contribution in [0.3, 0.4) is 0 Å². The number of carbonyl (C=O) groups is 1. The third kappa shape index (κ3) is 6.21. The third-order valence-corrected chi connectivity index (χ3v) is 6.35. The molecule has 0 fully saturated rings. The van der Waals surface area contributed by atoms with Crippen LogP contribution in [0.4, 0.5) is 5.69 Å². The fourth-order valence-electron chi connectivity index (χ4n) is 2.81. The number of aryl methyl sites for hydroxylation is 2. The van der Waals surface area contributed by atoms with Gasteiger partial charge in [0.1, 0.15) is 0 Å². The van der Waals surface area contributed by atoms with Gasteiger partial charge in [0.15, 0.2) is 9.84 Å². The van der Waals surface area contributed by atoms with E-state index in [0.29, 0.717) is 16.8 Å². The van der Waals surface area contributed by atoms with Gasteiger partial charge in [0.05, 0.1) is 5.75 Å². The van der Waals surface area contributed by atoms with Gasteiger partial charge >= 0.3 is 0 Å². The average Bonchev–Trinajstić information content (AvgIpc) is 2.65. The molecule has 0 radical (unpaired) electrons. The van der Waals surface area contributed by atoms with Crippen LogP contribution in [-0.2, 0) is 15.6 Å². The number of amides is 1. The summed E-state index contributed by atoms with van der Waals surface area (Å²) in [7, 11) is -3.09. The molecule has 0 atom stereocenters. The summed E-state index contributed by atoms with van der Waals surface area (Å²) in [6.45, 7) is 4.17. The molecule has 3 aromatic rings. The van der Waals surface area contributed by atoms with Crippen molar-refractivity contribution in [3.05, 3.63) is 89.0 Å². The van der Waals surface area contributed by atoms with Crippen molar-refractivity contribution >= 4 is 33.2 Å². The predicted octanol–water partition coefficient (Wildman–Crippen LogP) is 5.25. The van der Waals surface area contributed by atoms with E-state index in [1.54, 1.807) is 36.0 Å². The Hall–Kier alpha value is -2.57. The Morgan fingerprint density at radius 2 is 1.59 bits per heavy atom. The van der Waals surface area contributed by atoms with Gasteiger partial charge in [0.25, 0.3) is 5.91 Å². The minimum Gasteiger partial charge on any atom is -0.322 e. The fourth-order valence-corrected chi connectivity index (χ4v) is 4.61. The molecule has 0 saturated heterocycles. The second-order valence-electron chi connectivity index (χ2n) is 7.12. The van der Waals surface area contributed by atoms with Crippen molar-refractivity contribution in [1.82, 2.24) is 0 Å². The second kappa shape index (κ2) is 8.84. The molecular formula is C23H23NO3S2. The van der Waals surface area contributed by atoms with Gasteiger partial charge in [-0.15, -0.1) is 0 Å². The summed E-state index contributed by atoms with van der Waals surface area (Å²) < 4.78 is 22.7. The predicted molar refractivity (Wildman–Crippen MR) is 119 cm³/mol. The SMILES string of the molecule is Cc1ccc(C)c(Sc2ccc(NC(=O)c3ccc(CS(C)(=O)=O)cc3)cc2)c1. The van der Waals surface area contributed by atoms with Crippen LogP contribution in [0.1, 0.15) is 27.0 Å². The van der Waals surface area contributed by atoms with E-state index in [2.05, 4.69) is 37.4 Å². The molecule has 0 bridgehead atoms. The lowest BCUT2D eigenvalue weighted by Crippen LogP contribution is -2.12. The van der Waals surface area contributed by atoms with Crippen molar-refractivity contribution in [3.63, 3.8) is 0 Å². The first kappa shape index (κ1) is 21.1. The van der Waals surface area contributed by atoms with Crippen molar-refractivity contribution in [2.24, 2.45) is 0 Å². The smallest absolute Gasteiger partial charge is 0.255 e. The van der Waals surface area contributed by atoms with E-state index in [-0.39, 0.29) is 11.7 Å². The van der Waals surface area contributed by atoms with Gasteiger partial charge in [-0.25, -0.2) is 8.42 Å². The Morgan fingerprint density at radius 1 is 0.931 bits per heavy atom. The highest BCUT2D eigenvalue weighted by Crippen LogP contribution is 2.31. The first-order valence-electron chi connectivity index (χ1n) is 9.13. The fraction of sp³-hybridized carbons (Fsp3) is 0.174. The lowest BCUT2D eigenvalue weighted by atomic mass is 10.1. The molecule has 0 unspecified atom stereocenters. The normalized spacial score (nSPS) is 11.3. The minimum atomic E-state index is -3.09. The summed E-state index contributed by atoms with van der Waals surface area (Å²) in [6.07, 6.45) is 1.19. The zero-order valence-electron chi connectivity index (χ0n) is 16.6. The van der Waals surface area contributed by atoms with E-state index in [1.165, 1.54) is 22.3 Å². The number of hydrogen-bond acceptors (Lipinski definition) is 4. The maximum atomic E-state index is 12.4. The van der Waals surface area contributed by atoms with Crippen LogP contribution in [0.5, 0.6) is 0 Å². The molecule has 150 valence electrons. The quantitative estimate of drug-likeness (QED) is 0.586. The molecule has 3 aromatic carbocycles. The van der Waals surface area contributed by atoms with E-state index in [0.717, 1.165) is 4.90 Å². The van der Waals surface area contributed by atoms with Crippen LogP contribution in [0.2, 0.25) is 0 Å². The first-order valence-corrected chi connectivity index (χ1v) is 12.0. The highest BCUT2D eigenvalue weighted by Gasteiger charge is 2.09. The largest absolute Gasteiger partial charge is 0.322 e. The van der Waals surface area contributed by atoms with Crippen LogP contribution >= 0.6 is 11.8 Å². The molecule has 0 aliphatic carbocycles. The van der Waals surface area contributed by atoms with Gasteiger partial charge in [-0.05, 0) is 73.0 Å². The third-order valence-electron chi connectivity index (χ3n) is 4.33. The molecule has 0 aromatic heterocycles. The topological polar surface area (TPSA) is 63.2 Å². The van der Waals surface area contributed by atoms with Crippen LogP contribution in [-0.4, -0.2) is 20.6 Å². The molecule has 6 heteroatoms. The zero-order valence-corrected chi connectivity index (χ0v) is 18.2. The molecule has 1 amide bonds. The molecule has 0 saturated carbocycles. The number of hydrogen-bond donors (Lipinski definition) is 1. The van der Waals surface area contributed by atoms with E-state index in [4.69, 9.17) is 0 Å². The number of benzene rings is 3.